The Balaban J connectivity index is 1.91. The minimum absolute atomic E-state index is 0.0754. The van der Waals surface area contributed by atoms with Crippen LogP contribution in [0.25, 0.3) is 5.65 Å². The summed E-state index contributed by atoms with van der Waals surface area (Å²) in [7, 11) is 0. The van der Waals surface area contributed by atoms with Crippen molar-refractivity contribution in [1.82, 2.24) is 19.8 Å². The maximum absolute atomic E-state index is 12.7. The smallest absolute Gasteiger partial charge is 0.366 e. The molecule has 1 N–H and O–H groups in total. The molecule has 0 spiro atoms. The molecule has 3 rings (SSSR count). The van der Waals surface area contributed by atoms with E-state index in [1.54, 1.807) is 6.07 Å². The first kappa shape index (κ1) is 12.9. The second-order valence-corrected chi connectivity index (χ2v) is 4.64. The Hall–Kier alpha value is -2.12. The monoisotopic (exact) mass is 283 g/mol. The summed E-state index contributed by atoms with van der Waals surface area (Å²) in [5.41, 5.74) is 0.0754. The lowest BCUT2D eigenvalue weighted by molar-refractivity contribution is -0.146. The number of halogens is 3. The molecule has 0 aliphatic heterocycles. The van der Waals surface area contributed by atoms with E-state index in [0.717, 1.165) is 23.8 Å². The van der Waals surface area contributed by atoms with E-state index < -0.39 is 12.0 Å². The predicted octanol–water partition coefficient (Wildman–Crippen LogP) is 2.66. The van der Waals surface area contributed by atoms with Gasteiger partial charge >= 0.3 is 6.18 Å². The van der Waals surface area contributed by atoms with Crippen LogP contribution in [0.15, 0.2) is 24.3 Å². The quantitative estimate of drug-likeness (QED) is 0.861. The van der Waals surface area contributed by atoms with Crippen LogP contribution in [0.3, 0.4) is 0 Å². The maximum atomic E-state index is 12.7. The summed E-state index contributed by atoms with van der Waals surface area (Å²) in [6.45, 7) is 0. The van der Waals surface area contributed by atoms with Gasteiger partial charge in [-0.1, -0.05) is 12.2 Å². The van der Waals surface area contributed by atoms with Crippen LogP contribution < -0.4 is 5.32 Å². The molecule has 5 nitrogen and oxygen atoms in total. The second-order valence-electron chi connectivity index (χ2n) is 4.64. The van der Waals surface area contributed by atoms with Crippen molar-refractivity contribution in [3.05, 3.63) is 30.1 Å². The molecule has 1 unspecified atom stereocenters. The van der Waals surface area contributed by atoms with Crippen LogP contribution in [0.4, 0.5) is 19.0 Å². The lowest BCUT2D eigenvalue weighted by atomic mass is 10.0. The fraction of sp³-hybridized carbons (Fsp3) is 0.417. The summed E-state index contributed by atoms with van der Waals surface area (Å²) in [6, 6.07) is 3.27. The molecular weight excluding hydrogens is 271 g/mol. The number of hydrogen-bond donors (Lipinski definition) is 1. The van der Waals surface area contributed by atoms with Gasteiger partial charge in [0, 0.05) is 6.04 Å². The Morgan fingerprint density at radius 1 is 1.20 bits per heavy atom. The fourth-order valence-electron chi connectivity index (χ4n) is 2.18. The molecule has 0 fully saturated rings. The van der Waals surface area contributed by atoms with Crippen LogP contribution in [0.1, 0.15) is 25.1 Å². The molecule has 106 valence electrons. The van der Waals surface area contributed by atoms with E-state index in [-0.39, 0.29) is 11.7 Å². The maximum Gasteiger partial charge on any atom is 0.453 e. The summed E-state index contributed by atoms with van der Waals surface area (Å²) >= 11 is 0. The Kier molecular flexibility index (Phi) is 3.07. The van der Waals surface area contributed by atoms with Gasteiger partial charge in [0.2, 0.25) is 0 Å². The van der Waals surface area contributed by atoms with Crippen molar-refractivity contribution < 1.29 is 13.2 Å². The van der Waals surface area contributed by atoms with Gasteiger partial charge in [0.15, 0.2) is 5.65 Å². The third kappa shape index (κ3) is 2.45. The molecule has 0 saturated heterocycles. The van der Waals surface area contributed by atoms with Gasteiger partial charge in [-0.15, -0.1) is 15.3 Å². The van der Waals surface area contributed by atoms with Gasteiger partial charge in [0.25, 0.3) is 5.82 Å². The summed E-state index contributed by atoms with van der Waals surface area (Å²) in [5.74, 6) is -0.720. The summed E-state index contributed by atoms with van der Waals surface area (Å²) in [4.78, 5) is 0. The SMILES string of the molecule is FC(F)(F)c1nnc2ccc(NC3CC=CCC3)nn12. The zero-order valence-electron chi connectivity index (χ0n) is 10.4. The van der Waals surface area contributed by atoms with E-state index in [1.165, 1.54) is 6.07 Å². The standard InChI is InChI=1S/C12H12F3N5/c13-12(14,15)11-18-17-10-7-6-9(19-20(10)11)16-8-4-2-1-3-5-8/h1-2,6-8H,3-5H2,(H,16,19). The molecule has 20 heavy (non-hydrogen) atoms. The first-order valence-electron chi connectivity index (χ1n) is 6.25. The van der Waals surface area contributed by atoms with E-state index in [4.69, 9.17) is 0 Å². The molecule has 0 aromatic carbocycles. The van der Waals surface area contributed by atoms with Gasteiger partial charge in [-0.05, 0) is 31.4 Å². The van der Waals surface area contributed by atoms with Crippen molar-refractivity contribution in [3.8, 4) is 0 Å². The van der Waals surface area contributed by atoms with Crippen LogP contribution in [0.5, 0.6) is 0 Å². The van der Waals surface area contributed by atoms with Gasteiger partial charge in [0.05, 0.1) is 0 Å². The van der Waals surface area contributed by atoms with Crippen molar-refractivity contribution in [2.75, 3.05) is 5.32 Å². The number of rotatable bonds is 2. The number of aromatic nitrogens is 4. The molecule has 1 aliphatic carbocycles. The van der Waals surface area contributed by atoms with Crippen molar-refractivity contribution in [1.29, 1.82) is 0 Å². The Morgan fingerprint density at radius 2 is 2.05 bits per heavy atom. The summed E-state index contributed by atoms with van der Waals surface area (Å²) in [5, 5.41) is 13.7. The first-order valence-corrected chi connectivity index (χ1v) is 6.25. The van der Waals surface area contributed by atoms with Crippen molar-refractivity contribution >= 4 is 11.5 Å². The molecule has 0 amide bonds. The number of alkyl halides is 3. The van der Waals surface area contributed by atoms with Gasteiger partial charge in [-0.3, -0.25) is 0 Å². The molecule has 1 atom stereocenters. The van der Waals surface area contributed by atoms with E-state index in [1.807, 2.05) is 0 Å². The lowest BCUT2D eigenvalue weighted by Gasteiger charge is -2.19. The van der Waals surface area contributed by atoms with E-state index in [2.05, 4.69) is 32.8 Å². The minimum Gasteiger partial charge on any atom is -0.366 e. The molecule has 8 heteroatoms. The zero-order valence-corrected chi connectivity index (χ0v) is 10.4. The second kappa shape index (κ2) is 4.77. The summed E-state index contributed by atoms with van der Waals surface area (Å²) < 4.78 is 39.0. The number of nitrogens with one attached hydrogen (secondary N) is 1. The minimum atomic E-state index is -4.57. The number of hydrogen-bond acceptors (Lipinski definition) is 4. The molecule has 2 heterocycles. The van der Waals surface area contributed by atoms with Crippen LogP contribution >= 0.6 is 0 Å². The van der Waals surface area contributed by atoms with E-state index in [9.17, 15) is 13.2 Å². The topological polar surface area (TPSA) is 55.1 Å². The van der Waals surface area contributed by atoms with Crippen LogP contribution in [0, 0.1) is 0 Å². The number of anilines is 1. The third-order valence-corrected chi connectivity index (χ3v) is 3.14. The fourth-order valence-corrected chi connectivity index (χ4v) is 2.18. The van der Waals surface area contributed by atoms with Crippen LogP contribution in [-0.2, 0) is 6.18 Å². The Labute approximate surface area is 112 Å². The molecule has 1 aliphatic rings. The van der Waals surface area contributed by atoms with Gasteiger partial charge in [-0.2, -0.15) is 17.7 Å². The molecule has 2 aromatic rings. The van der Waals surface area contributed by atoms with Crippen LogP contribution in [0.2, 0.25) is 0 Å². The van der Waals surface area contributed by atoms with Crippen molar-refractivity contribution in [2.45, 2.75) is 31.5 Å². The highest BCUT2D eigenvalue weighted by molar-refractivity contribution is 5.44. The highest BCUT2D eigenvalue weighted by atomic mass is 19.4. The first-order chi connectivity index (χ1) is 9.54. The molecule has 2 aromatic heterocycles. The van der Waals surface area contributed by atoms with Gasteiger partial charge in [0.1, 0.15) is 5.82 Å². The van der Waals surface area contributed by atoms with Crippen molar-refractivity contribution in [3.63, 3.8) is 0 Å². The van der Waals surface area contributed by atoms with E-state index in [0.29, 0.717) is 5.82 Å². The van der Waals surface area contributed by atoms with Crippen LogP contribution in [-0.4, -0.2) is 25.9 Å². The molecule has 0 saturated carbocycles. The average Bonchev–Trinajstić information content (AvgIpc) is 2.83. The number of nitrogens with zero attached hydrogens (tertiary/aromatic N) is 4. The highest BCUT2D eigenvalue weighted by Crippen LogP contribution is 2.27. The number of allylic oxidation sites excluding steroid dienone is 1. The Bertz CT molecular complexity index is 646. The lowest BCUT2D eigenvalue weighted by Crippen LogP contribution is -2.22. The van der Waals surface area contributed by atoms with Gasteiger partial charge in [-0.25, -0.2) is 0 Å². The predicted molar refractivity (Wildman–Crippen MR) is 66.2 cm³/mol. The third-order valence-electron chi connectivity index (χ3n) is 3.14. The molecule has 0 radical (unpaired) electrons. The molecule has 0 bridgehead atoms. The largest absolute Gasteiger partial charge is 0.453 e. The number of fused-ring (bicyclic) bond motifs is 1. The van der Waals surface area contributed by atoms with Gasteiger partial charge < -0.3 is 5.32 Å². The summed E-state index contributed by atoms with van der Waals surface area (Å²) in [6.07, 6.45) is 2.31. The zero-order chi connectivity index (χ0) is 14.2. The Morgan fingerprint density at radius 3 is 2.75 bits per heavy atom. The molecular formula is C12H12F3N5. The highest BCUT2D eigenvalue weighted by Gasteiger charge is 2.37. The van der Waals surface area contributed by atoms with E-state index >= 15 is 0 Å². The average molecular weight is 283 g/mol. The normalized spacial score (nSPS) is 19.4. The van der Waals surface area contributed by atoms with Crippen molar-refractivity contribution in [2.24, 2.45) is 0 Å².